The van der Waals surface area contributed by atoms with Crippen LogP contribution in [-0.2, 0) is 4.79 Å². The predicted octanol–water partition coefficient (Wildman–Crippen LogP) is 3.13. The van der Waals surface area contributed by atoms with Gasteiger partial charge in [0.25, 0.3) is 5.56 Å². The summed E-state index contributed by atoms with van der Waals surface area (Å²) in [6, 6.07) is 7.50. The van der Waals surface area contributed by atoms with E-state index in [4.69, 9.17) is 4.74 Å². The lowest BCUT2D eigenvalue weighted by molar-refractivity contribution is -0.132. The number of aromatic nitrogens is 3. The summed E-state index contributed by atoms with van der Waals surface area (Å²) in [5, 5.41) is 0. The molecule has 0 radical (unpaired) electrons. The van der Waals surface area contributed by atoms with Crippen molar-refractivity contribution in [3.05, 3.63) is 40.8 Å². The van der Waals surface area contributed by atoms with Gasteiger partial charge >= 0.3 is 0 Å². The molecule has 0 saturated heterocycles. The van der Waals surface area contributed by atoms with Crippen molar-refractivity contribution in [1.29, 1.82) is 0 Å². The fourth-order valence-electron chi connectivity index (χ4n) is 3.98. The smallest absolute Gasteiger partial charge is 0.272 e. The van der Waals surface area contributed by atoms with Crippen LogP contribution in [0.4, 0.5) is 0 Å². The topological polar surface area (TPSA) is 79.7 Å². The molecule has 1 amide bonds. The summed E-state index contributed by atoms with van der Waals surface area (Å²) in [5.41, 5.74) is 1.71. The first-order chi connectivity index (χ1) is 13.6. The van der Waals surface area contributed by atoms with Crippen molar-refractivity contribution in [1.82, 2.24) is 19.3 Å². The second kappa shape index (κ2) is 8.04. The van der Waals surface area contributed by atoms with Gasteiger partial charge in [-0.05, 0) is 37.5 Å². The number of aromatic amines is 1. The molecule has 3 heterocycles. The van der Waals surface area contributed by atoms with E-state index in [1.54, 1.807) is 22.6 Å². The molecule has 1 aliphatic carbocycles. The van der Waals surface area contributed by atoms with Gasteiger partial charge in [0.05, 0.1) is 12.1 Å². The molecule has 148 valence electrons. The van der Waals surface area contributed by atoms with E-state index in [9.17, 15) is 9.59 Å². The molecule has 0 bridgehead atoms. The van der Waals surface area contributed by atoms with E-state index >= 15 is 0 Å². The number of carbonyl (C=O) groups is 1. The van der Waals surface area contributed by atoms with Gasteiger partial charge < -0.3 is 14.6 Å². The van der Waals surface area contributed by atoms with E-state index < -0.39 is 0 Å². The van der Waals surface area contributed by atoms with E-state index in [1.165, 1.54) is 19.3 Å². The third kappa shape index (κ3) is 3.74. The molecule has 28 heavy (non-hydrogen) atoms. The van der Waals surface area contributed by atoms with E-state index in [0.717, 1.165) is 12.8 Å². The first-order valence-electron chi connectivity index (χ1n) is 10.0. The quantitative estimate of drug-likeness (QED) is 0.664. The van der Waals surface area contributed by atoms with Crippen LogP contribution in [0.25, 0.3) is 16.7 Å². The lowest BCUT2D eigenvalue weighted by atomic mass is 9.94. The van der Waals surface area contributed by atoms with Crippen LogP contribution in [0, 0.1) is 0 Å². The van der Waals surface area contributed by atoms with Crippen LogP contribution < -0.4 is 10.3 Å². The summed E-state index contributed by atoms with van der Waals surface area (Å²) in [6.07, 6.45) is 8.91. The number of H-pyrrole nitrogens is 1. The highest BCUT2D eigenvalue weighted by Crippen LogP contribution is 2.22. The minimum Gasteiger partial charge on any atom is -0.478 e. The monoisotopic (exact) mass is 382 g/mol. The van der Waals surface area contributed by atoms with Crippen molar-refractivity contribution in [2.24, 2.45) is 0 Å². The summed E-state index contributed by atoms with van der Waals surface area (Å²) in [5.74, 6) is 0.677. The van der Waals surface area contributed by atoms with Gasteiger partial charge in [-0.25, -0.2) is 0 Å². The van der Waals surface area contributed by atoms with Crippen molar-refractivity contribution in [3.63, 3.8) is 0 Å². The lowest BCUT2D eigenvalue weighted by Gasteiger charge is -2.31. The van der Waals surface area contributed by atoms with Crippen molar-refractivity contribution in [2.45, 2.75) is 51.0 Å². The summed E-state index contributed by atoms with van der Waals surface area (Å²) in [4.78, 5) is 33.7. The average molecular weight is 382 g/mol. The van der Waals surface area contributed by atoms with Gasteiger partial charge in [-0.1, -0.05) is 19.3 Å². The Morgan fingerprint density at radius 1 is 1.29 bits per heavy atom. The summed E-state index contributed by atoms with van der Waals surface area (Å²) >= 11 is 0. The molecule has 4 rings (SSSR count). The third-order valence-electron chi connectivity index (χ3n) is 5.61. The number of amides is 1. The number of hydrogen-bond acceptors (Lipinski definition) is 4. The molecular weight excluding hydrogens is 356 g/mol. The van der Waals surface area contributed by atoms with Gasteiger partial charge in [0, 0.05) is 31.8 Å². The Kier molecular flexibility index (Phi) is 5.32. The summed E-state index contributed by atoms with van der Waals surface area (Å²) < 4.78 is 7.51. The van der Waals surface area contributed by atoms with Crippen molar-refractivity contribution in [3.8, 4) is 5.88 Å². The van der Waals surface area contributed by atoms with Crippen LogP contribution in [-0.4, -0.2) is 44.9 Å². The van der Waals surface area contributed by atoms with Crippen LogP contribution in [0.2, 0.25) is 0 Å². The van der Waals surface area contributed by atoms with Gasteiger partial charge in [-0.2, -0.15) is 4.98 Å². The molecule has 1 saturated carbocycles. The zero-order chi connectivity index (χ0) is 19.5. The number of pyridine rings is 1. The van der Waals surface area contributed by atoms with E-state index in [1.807, 2.05) is 24.2 Å². The zero-order valence-corrected chi connectivity index (χ0v) is 16.2. The van der Waals surface area contributed by atoms with Crippen molar-refractivity contribution in [2.75, 3.05) is 13.7 Å². The number of nitrogens with one attached hydrogen (secondary N) is 1. The molecular formula is C21H26N4O3. The summed E-state index contributed by atoms with van der Waals surface area (Å²) in [6.45, 7) is 0.431. The number of rotatable bonds is 6. The maximum atomic E-state index is 12.4. The van der Waals surface area contributed by atoms with E-state index in [0.29, 0.717) is 48.1 Å². The Morgan fingerprint density at radius 3 is 2.93 bits per heavy atom. The minimum atomic E-state index is -0.145. The molecule has 1 N–H and O–H groups in total. The maximum Gasteiger partial charge on any atom is 0.272 e. The van der Waals surface area contributed by atoms with E-state index in [2.05, 4.69) is 9.97 Å². The molecule has 0 atom stereocenters. The number of carbonyl (C=O) groups excluding carboxylic acids is 1. The Bertz CT molecular complexity index is 1030. The van der Waals surface area contributed by atoms with Crippen LogP contribution in [0.15, 0.2) is 35.3 Å². The molecule has 1 aliphatic rings. The number of ether oxygens (including phenoxy) is 1. The second-order valence-electron chi connectivity index (χ2n) is 7.49. The van der Waals surface area contributed by atoms with Gasteiger partial charge in [-0.3, -0.25) is 14.0 Å². The van der Waals surface area contributed by atoms with E-state index in [-0.39, 0.29) is 11.5 Å². The Labute approximate surface area is 163 Å². The van der Waals surface area contributed by atoms with Crippen LogP contribution >= 0.6 is 0 Å². The fourth-order valence-corrected chi connectivity index (χ4v) is 3.98. The predicted molar refractivity (Wildman–Crippen MR) is 108 cm³/mol. The first-order valence-corrected chi connectivity index (χ1v) is 10.0. The molecule has 0 unspecified atom stereocenters. The van der Waals surface area contributed by atoms with Crippen molar-refractivity contribution >= 4 is 22.6 Å². The molecule has 1 fully saturated rings. The highest BCUT2D eigenvalue weighted by Gasteiger charge is 2.21. The fraction of sp³-hybridized carbons (Fsp3) is 0.476. The van der Waals surface area contributed by atoms with Crippen LogP contribution in [0.3, 0.4) is 0 Å². The Morgan fingerprint density at radius 2 is 2.11 bits per heavy atom. The largest absolute Gasteiger partial charge is 0.478 e. The molecule has 7 heteroatoms. The van der Waals surface area contributed by atoms with Gasteiger partial charge in [0.15, 0.2) is 5.65 Å². The third-order valence-corrected chi connectivity index (χ3v) is 5.61. The first kappa shape index (κ1) is 18.5. The van der Waals surface area contributed by atoms with Gasteiger partial charge in [0.1, 0.15) is 5.52 Å². The lowest BCUT2D eigenvalue weighted by Crippen LogP contribution is -2.38. The minimum absolute atomic E-state index is 0.145. The van der Waals surface area contributed by atoms with Crippen LogP contribution in [0.5, 0.6) is 5.88 Å². The molecule has 0 aromatic carbocycles. The normalized spacial score (nSPS) is 15.2. The highest BCUT2D eigenvalue weighted by molar-refractivity contribution is 5.76. The Balaban J connectivity index is 1.35. The maximum absolute atomic E-state index is 12.4. The zero-order valence-electron chi connectivity index (χ0n) is 16.2. The summed E-state index contributed by atoms with van der Waals surface area (Å²) in [7, 11) is 1.92. The number of fused-ring (bicyclic) bond motifs is 3. The molecule has 3 aromatic rings. The molecule has 0 spiro atoms. The van der Waals surface area contributed by atoms with Gasteiger partial charge in [-0.15, -0.1) is 0 Å². The van der Waals surface area contributed by atoms with Crippen molar-refractivity contribution < 1.29 is 9.53 Å². The van der Waals surface area contributed by atoms with Gasteiger partial charge in [0.2, 0.25) is 11.8 Å². The number of nitrogens with zero attached hydrogens (tertiary/aromatic N) is 3. The highest BCUT2D eigenvalue weighted by atomic mass is 16.5. The molecule has 7 nitrogen and oxygen atoms in total. The molecule has 0 aliphatic heterocycles. The second-order valence-corrected chi connectivity index (χ2v) is 7.49. The average Bonchev–Trinajstić information content (AvgIpc) is 3.22. The number of hydrogen-bond donors (Lipinski definition) is 1. The SMILES string of the molecule is CN(C(=O)CCCOc1ccc2[nH]c(=O)c3cccn3c2n1)C1CCCCC1. The van der Waals surface area contributed by atoms with Crippen LogP contribution in [0.1, 0.15) is 44.9 Å². The standard InChI is InChI=1S/C21H26N4O3/c1-24(15-7-3-2-4-8-15)19(26)10-6-14-28-18-12-11-16-20(23-18)25-13-5-9-17(25)21(27)22-16/h5,9,11-13,15H,2-4,6-8,10,14H2,1H3,(H,22,27). The molecule has 3 aromatic heterocycles. The Hall–Kier alpha value is -2.83.